The van der Waals surface area contributed by atoms with E-state index in [0.29, 0.717) is 19.4 Å². The van der Waals surface area contributed by atoms with Crippen LogP contribution in [0.4, 0.5) is 0 Å². The highest BCUT2D eigenvalue weighted by Gasteiger charge is 2.40. The Morgan fingerprint density at radius 3 is 2.24 bits per heavy atom. The van der Waals surface area contributed by atoms with Gasteiger partial charge in [0, 0.05) is 6.54 Å². The molecule has 0 spiro atoms. The molecule has 7 nitrogen and oxygen atoms in total. The lowest BCUT2D eigenvalue weighted by Gasteiger charge is -2.32. The van der Waals surface area contributed by atoms with Crippen LogP contribution >= 0.6 is 0 Å². The number of nitrogens with zero attached hydrogens (tertiary/aromatic N) is 1. The Morgan fingerprint density at radius 1 is 1.04 bits per heavy atom. The third kappa shape index (κ3) is 4.93. The quantitative estimate of drug-likeness (QED) is 0.622. The minimum atomic E-state index is -0.958. The summed E-state index contributed by atoms with van der Waals surface area (Å²) < 4.78 is 0. The van der Waals surface area contributed by atoms with Gasteiger partial charge in [0.1, 0.15) is 12.1 Å². The number of amides is 2. The lowest BCUT2D eigenvalue weighted by atomic mass is 9.90. The number of hydrogen-bond donors (Lipinski definition) is 3. The molecule has 2 fully saturated rings. The first-order valence-electron chi connectivity index (χ1n) is 9.46. The zero-order valence-electron chi connectivity index (χ0n) is 15.3. The lowest BCUT2D eigenvalue weighted by molar-refractivity contribution is -0.150. The predicted molar refractivity (Wildman–Crippen MR) is 94.0 cm³/mol. The Bertz CT molecular complexity index is 489. The molecule has 2 amide bonds. The number of hydrogen-bond acceptors (Lipinski definition) is 4. The van der Waals surface area contributed by atoms with Crippen molar-refractivity contribution in [2.24, 2.45) is 5.92 Å². The topological polar surface area (TPSA) is 98.7 Å². The predicted octanol–water partition coefficient (Wildman–Crippen LogP) is 1.13. The van der Waals surface area contributed by atoms with Crippen molar-refractivity contribution >= 4 is 17.8 Å². The standard InChI is InChI=1S/C18H31N3O4/c1-12(19-2)16(22)20-15(13-8-5-3-4-6-9-13)17(23)21-11-7-10-14(21)18(24)25/h12-15,19H,3-11H2,1-2H3,(H,20,22)(H,24,25). The Hall–Kier alpha value is -1.63. The molecule has 7 heteroatoms. The second-order valence-corrected chi connectivity index (χ2v) is 7.28. The number of carbonyl (C=O) groups excluding carboxylic acids is 2. The first-order chi connectivity index (χ1) is 12.0. The molecule has 0 aromatic rings. The molecule has 1 heterocycles. The third-order valence-electron chi connectivity index (χ3n) is 5.58. The highest BCUT2D eigenvalue weighted by atomic mass is 16.4. The Balaban J connectivity index is 2.18. The number of likely N-dealkylation sites (N-methyl/N-ethyl adjacent to an activating group) is 1. The highest BCUT2D eigenvalue weighted by molar-refractivity contribution is 5.92. The van der Waals surface area contributed by atoms with Crippen LogP contribution in [0.15, 0.2) is 0 Å². The van der Waals surface area contributed by atoms with Crippen molar-refractivity contribution in [2.75, 3.05) is 13.6 Å². The lowest BCUT2D eigenvalue weighted by Crippen LogP contribution is -2.57. The van der Waals surface area contributed by atoms with Crippen molar-refractivity contribution in [3.05, 3.63) is 0 Å². The molecule has 25 heavy (non-hydrogen) atoms. The van der Waals surface area contributed by atoms with Gasteiger partial charge in [0.15, 0.2) is 0 Å². The fraction of sp³-hybridized carbons (Fsp3) is 0.833. The van der Waals surface area contributed by atoms with Crippen molar-refractivity contribution in [1.82, 2.24) is 15.5 Å². The zero-order valence-corrected chi connectivity index (χ0v) is 15.3. The van der Waals surface area contributed by atoms with E-state index in [1.54, 1.807) is 14.0 Å². The molecule has 3 unspecified atom stereocenters. The summed E-state index contributed by atoms with van der Waals surface area (Å²) in [7, 11) is 1.70. The van der Waals surface area contributed by atoms with Crippen molar-refractivity contribution in [3.8, 4) is 0 Å². The van der Waals surface area contributed by atoms with Gasteiger partial charge in [-0.1, -0.05) is 25.7 Å². The van der Waals surface area contributed by atoms with E-state index in [1.807, 2.05) is 0 Å². The molecule has 0 radical (unpaired) electrons. The highest BCUT2D eigenvalue weighted by Crippen LogP contribution is 2.28. The number of carbonyl (C=O) groups is 3. The normalized spacial score (nSPS) is 24.4. The van der Waals surface area contributed by atoms with Crippen molar-refractivity contribution in [2.45, 2.75) is 76.4 Å². The van der Waals surface area contributed by atoms with Crippen LogP contribution in [0, 0.1) is 5.92 Å². The molecule has 2 aliphatic rings. The SMILES string of the molecule is CNC(C)C(=O)NC(C(=O)N1CCCC1C(=O)O)C1CCCCCC1. The van der Waals surface area contributed by atoms with E-state index in [9.17, 15) is 19.5 Å². The van der Waals surface area contributed by atoms with Crippen LogP contribution in [0.3, 0.4) is 0 Å². The summed E-state index contributed by atoms with van der Waals surface area (Å²) in [4.78, 5) is 38.4. The molecule has 0 aromatic carbocycles. The number of carboxylic acid groups (broad SMARTS) is 1. The largest absolute Gasteiger partial charge is 0.480 e. The minimum absolute atomic E-state index is 0.0815. The molecule has 1 saturated heterocycles. The summed E-state index contributed by atoms with van der Waals surface area (Å²) in [6.45, 7) is 2.20. The van der Waals surface area contributed by atoms with Crippen LogP contribution in [-0.2, 0) is 14.4 Å². The van der Waals surface area contributed by atoms with Crippen LogP contribution < -0.4 is 10.6 Å². The van der Waals surface area contributed by atoms with E-state index in [4.69, 9.17) is 0 Å². The molecule has 0 bridgehead atoms. The molecule has 0 aromatic heterocycles. The van der Waals surface area contributed by atoms with Gasteiger partial charge in [-0.15, -0.1) is 0 Å². The van der Waals surface area contributed by atoms with Crippen molar-refractivity contribution < 1.29 is 19.5 Å². The van der Waals surface area contributed by atoms with Gasteiger partial charge in [-0.25, -0.2) is 4.79 Å². The first kappa shape index (κ1) is 19.7. The van der Waals surface area contributed by atoms with Crippen LogP contribution in [0.25, 0.3) is 0 Å². The second kappa shape index (κ2) is 9.17. The van der Waals surface area contributed by atoms with Gasteiger partial charge in [-0.05, 0) is 45.6 Å². The second-order valence-electron chi connectivity index (χ2n) is 7.28. The van der Waals surface area contributed by atoms with E-state index >= 15 is 0 Å². The molecule has 3 atom stereocenters. The van der Waals surface area contributed by atoms with Gasteiger partial charge in [-0.2, -0.15) is 0 Å². The fourth-order valence-electron chi connectivity index (χ4n) is 3.90. The maximum absolute atomic E-state index is 13.1. The molecule has 142 valence electrons. The van der Waals surface area contributed by atoms with Crippen molar-refractivity contribution in [1.29, 1.82) is 0 Å². The monoisotopic (exact) mass is 353 g/mol. The summed E-state index contributed by atoms with van der Waals surface area (Å²) in [5.41, 5.74) is 0. The average molecular weight is 353 g/mol. The summed E-state index contributed by atoms with van der Waals surface area (Å²) in [6.07, 6.45) is 7.38. The van der Waals surface area contributed by atoms with Crippen molar-refractivity contribution in [3.63, 3.8) is 0 Å². The number of aliphatic carboxylic acids is 1. The smallest absolute Gasteiger partial charge is 0.326 e. The number of carboxylic acids is 1. The zero-order chi connectivity index (χ0) is 18.4. The molecular formula is C18H31N3O4. The molecular weight excluding hydrogens is 322 g/mol. The van der Waals surface area contributed by atoms with Gasteiger partial charge in [0.25, 0.3) is 0 Å². The summed E-state index contributed by atoms with van der Waals surface area (Å²) in [5.74, 6) is -1.32. The Morgan fingerprint density at radius 2 is 1.68 bits per heavy atom. The van der Waals surface area contributed by atoms with E-state index in [2.05, 4.69) is 10.6 Å². The Kier molecular flexibility index (Phi) is 7.23. The minimum Gasteiger partial charge on any atom is -0.480 e. The van der Waals surface area contributed by atoms with Crippen LogP contribution in [0.5, 0.6) is 0 Å². The molecule has 1 aliphatic carbocycles. The molecule has 2 rings (SSSR count). The van der Waals surface area contributed by atoms with Crippen LogP contribution in [0.2, 0.25) is 0 Å². The number of nitrogens with one attached hydrogen (secondary N) is 2. The van der Waals surface area contributed by atoms with Gasteiger partial charge >= 0.3 is 5.97 Å². The van der Waals surface area contributed by atoms with E-state index in [-0.39, 0.29) is 17.7 Å². The fourth-order valence-corrected chi connectivity index (χ4v) is 3.90. The van der Waals surface area contributed by atoms with Gasteiger partial charge in [0.05, 0.1) is 6.04 Å². The first-order valence-corrected chi connectivity index (χ1v) is 9.46. The van der Waals surface area contributed by atoms with E-state index in [1.165, 1.54) is 4.90 Å². The number of rotatable bonds is 6. The summed E-state index contributed by atoms with van der Waals surface area (Å²) in [5, 5.41) is 15.2. The van der Waals surface area contributed by atoms with Gasteiger partial charge < -0.3 is 20.6 Å². The number of likely N-dealkylation sites (tertiary alicyclic amines) is 1. The molecule has 1 saturated carbocycles. The van der Waals surface area contributed by atoms with E-state index < -0.39 is 24.1 Å². The van der Waals surface area contributed by atoms with Crippen LogP contribution in [-0.4, -0.2) is 59.5 Å². The van der Waals surface area contributed by atoms with Gasteiger partial charge in [0.2, 0.25) is 11.8 Å². The van der Waals surface area contributed by atoms with Crippen LogP contribution in [0.1, 0.15) is 58.3 Å². The Labute approximate surface area is 149 Å². The average Bonchev–Trinajstić information content (AvgIpc) is 2.94. The van der Waals surface area contributed by atoms with Gasteiger partial charge in [-0.3, -0.25) is 9.59 Å². The molecule has 1 aliphatic heterocycles. The maximum atomic E-state index is 13.1. The summed E-state index contributed by atoms with van der Waals surface area (Å²) >= 11 is 0. The third-order valence-corrected chi connectivity index (χ3v) is 5.58. The van der Waals surface area contributed by atoms with E-state index in [0.717, 1.165) is 38.5 Å². The maximum Gasteiger partial charge on any atom is 0.326 e. The summed E-state index contributed by atoms with van der Waals surface area (Å²) in [6, 6.07) is -1.78. The molecule has 3 N–H and O–H groups in total.